The molecule has 0 bridgehead atoms. The van der Waals surface area contributed by atoms with Crippen molar-refractivity contribution in [3.05, 3.63) is 28.0 Å². The first kappa shape index (κ1) is 17.8. The van der Waals surface area contributed by atoms with Gasteiger partial charge in [-0.15, -0.1) is 10.2 Å². The third-order valence-electron chi connectivity index (χ3n) is 5.45. The second-order valence-corrected chi connectivity index (χ2v) is 7.15. The monoisotopic (exact) mass is 371 g/mol. The van der Waals surface area contributed by atoms with Crippen molar-refractivity contribution in [1.82, 2.24) is 19.7 Å². The Kier molecular flexibility index (Phi) is 4.73. The van der Waals surface area contributed by atoms with Gasteiger partial charge in [-0.25, -0.2) is 0 Å². The zero-order valence-electron chi connectivity index (χ0n) is 15.7. The van der Waals surface area contributed by atoms with Gasteiger partial charge in [0.1, 0.15) is 11.5 Å². The van der Waals surface area contributed by atoms with Crippen LogP contribution in [0.2, 0.25) is 0 Å². The van der Waals surface area contributed by atoms with E-state index in [1.54, 1.807) is 19.2 Å². The van der Waals surface area contributed by atoms with Crippen molar-refractivity contribution in [2.24, 2.45) is 7.05 Å². The van der Waals surface area contributed by atoms with Crippen molar-refractivity contribution in [2.75, 3.05) is 31.6 Å². The summed E-state index contributed by atoms with van der Waals surface area (Å²) in [5.74, 6) is 1.40. The van der Waals surface area contributed by atoms with Crippen LogP contribution in [0.15, 0.2) is 16.9 Å². The Morgan fingerprint density at radius 3 is 3.04 bits per heavy atom. The SMILES string of the molecule is CCN1CCC[C@H](Nc2nnc(-c3ccc4c(c3O)CCO4)n(C)c2=O)C1. The molecule has 1 fully saturated rings. The fourth-order valence-electron chi connectivity index (χ4n) is 3.88. The van der Waals surface area contributed by atoms with E-state index in [4.69, 9.17) is 4.74 Å². The van der Waals surface area contributed by atoms with E-state index in [1.165, 1.54) is 4.57 Å². The predicted molar refractivity (Wildman–Crippen MR) is 102 cm³/mol. The molecule has 8 heteroatoms. The summed E-state index contributed by atoms with van der Waals surface area (Å²) in [7, 11) is 1.65. The van der Waals surface area contributed by atoms with Gasteiger partial charge in [-0.05, 0) is 38.1 Å². The van der Waals surface area contributed by atoms with Crippen molar-refractivity contribution in [3.63, 3.8) is 0 Å². The number of likely N-dealkylation sites (N-methyl/N-ethyl adjacent to an activating group) is 1. The molecule has 0 spiro atoms. The van der Waals surface area contributed by atoms with E-state index in [-0.39, 0.29) is 23.2 Å². The number of ether oxygens (including phenoxy) is 1. The molecule has 0 radical (unpaired) electrons. The third kappa shape index (κ3) is 3.25. The first-order chi connectivity index (χ1) is 13.1. The zero-order valence-corrected chi connectivity index (χ0v) is 15.7. The molecule has 8 nitrogen and oxygen atoms in total. The lowest BCUT2D eigenvalue weighted by atomic mass is 10.1. The van der Waals surface area contributed by atoms with Gasteiger partial charge in [-0.3, -0.25) is 9.36 Å². The van der Waals surface area contributed by atoms with Gasteiger partial charge in [0.05, 0.1) is 12.2 Å². The summed E-state index contributed by atoms with van der Waals surface area (Å²) in [4.78, 5) is 15.2. The van der Waals surface area contributed by atoms with Gasteiger partial charge in [-0.1, -0.05) is 6.92 Å². The molecule has 0 amide bonds. The lowest BCUT2D eigenvalue weighted by molar-refractivity contribution is 0.226. The molecule has 1 saturated heterocycles. The summed E-state index contributed by atoms with van der Waals surface area (Å²) in [6.45, 7) is 5.69. The Morgan fingerprint density at radius 2 is 2.22 bits per heavy atom. The van der Waals surface area contributed by atoms with Crippen LogP contribution in [-0.4, -0.2) is 57.1 Å². The number of nitrogens with one attached hydrogen (secondary N) is 1. The minimum Gasteiger partial charge on any atom is -0.507 e. The van der Waals surface area contributed by atoms with Crippen molar-refractivity contribution in [1.29, 1.82) is 0 Å². The number of aromatic hydroxyl groups is 1. The molecule has 144 valence electrons. The maximum atomic E-state index is 12.8. The first-order valence-corrected chi connectivity index (χ1v) is 9.49. The number of fused-ring (bicyclic) bond motifs is 1. The average molecular weight is 371 g/mol. The van der Waals surface area contributed by atoms with Crippen molar-refractivity contribution in [2.45, 2.75) is 32.2 Å². The van der Waals surface area contributed by atoms with Gasteiger partial charge in [-0.2, -0.15) is 0 Å². The summed E-state index contributed by atoms with van der Waals surface area (Å²) in [5.41, 5.74) is 1.00. The molecular weight excluding hydrogens is 346 g/mol. The van der Waals surface area contributed by atoms with Crippen molar-refractivity contribution in [3.8, 4) is 22.9 Å². The summed E-state index contributed by atoms with van der Waals surface area (Å²) in [6, 6.07) is 3.71. The van der Waals surface area contributed by atoms with Gasteiger partial charge in [0.25, 0.3) is 5.56 Å². The van der Waals surface area contributed by atoms with Crippen LogP contribution < -0.4 is 15.6 Å². The highest BCUT2D eigenvalue weighted by atomic mass is 16.5. The Labute approximate surface area is 157 Å². The average Bonchev–Trinajstić information content (AvgIpc) is 3.16. The van der Waals surface area contributed by atoms with Gasteiger partial charge in [0.15, 0.2) is 5.82 Å². The summed E-state index contributed by atoms with van der Waals surface area (Å²) in [6.07, 6.45) is 2.75. The molecule has 0 unspecified atom stereocenters. The highest BCUT2D eigenvalue weighted by Crippen LogP contribution is 2.39. The molecule has 0 saturated carbocycles. The number of benzene rings is 1. The van der Waals surface area contributed by atoms with E-state index in [0.717, 1.165) is 38.0 Å². The number of hydrogen-bond acceptors (Lipinski definition) is 7. The number of rotatable bonds is 4. The summed E-state index contributed by atoms with van der Waals surface area (Å²) >= 11 is 0. The van der Waals surface area contributed by atoms with Crippen LogP contribution in [0.5, 0.6) is 11.5 Å². The normalized spacial score (nSPS) is 19.6. The highest BCUT2D eigenvalue weighted by Gasteiger charge is 2.24. The van der Waals surface area contributed by atoms with Crippen molar-refractivity contribution < 1.29 is 9.84 Å². The lowest BCUT2D eigenvalue weighted by Gasteiger charge is -2.32. The van der Waals surface area contributed by atoms with E-state index >= 15 is 0 Å². The molecular formula is C19H25N5O3. The minimum atomic E-state index is -0.246. The molecule has 1 atom stereocenters. The molecule has 27 heavy (non-hydrogen) atoms. The molecule has 2 aliphatic rings. The number of aromatic nitrogens is 3. The number of likely N-dealkylation sites (tertiary alicyclic amines) is 1. The summed E-state index contributed by atoms with van der Waals surface area (Å²) < 4.78 is 6.90. The lowest BCUT2D eigenvalue weighted by Crippen LogP contribution is -2.43. The number of nitrogens with zero attached hydrogens (tertiary/aromatic N) is 4. The number of phenolic OH excluding ortho intramolecular Hbond substituents is 1. The van der Waals surface area contributed by atoms with Gasteiger partial charge in [0.2, 0.25) is 5.82 Å². The maximum Gasteiger partial charge on any atom is 0.296 e. The highest BCUT2D eigenvalue weighted by molar-refractivity contribution is 5.69. The summed E-state index contributed by atoms with van der Waals surface area (Å²) in [5, 5.41) is 22.2. The second-order valence-electron chi connectivity index (χ2n) is 7.15. The van der Waals surface area contributed by atoms with E-state index in [0.29, 0.717) is 30.2 Å². The number of piperidine rings is 1. The Morgan fingerprint density at radius 1 is 1.37 bits per heavy atom. The molecule has 2 aliphatic heterocycles. The first-order valence-electron chi connectivity index (χ1n) is 9.49. The Hall–Kier alpha value is -2.61. The van der Waals surface area contributed by atoms with Crippen LogP contribution >= 0.6 is 0 Å². The molecule has 3 heterocycles. The van der Waals surface area contributed by atoms with Gasteiger partial charge >= 0.3 is 0 Å². The second kappa shape index (κ2) is 7.19. The van der Waals surface area contributed by atoms with Crippen LogP contribution in [-0.2, 0) is 13.5 Å². The van der Waals surface area contributed by atoms with E-state index in [2.05, 4.69) is 27.3 Å². The molecule has 1 aromatic heterocycles. The Balaban J connectivity index is 1.62. The van der Waals surface area contributed by atoms with Crippen LogP contribution in [0, 0.1) is 0 Å². The number of phenols is 1. The van der Waals surface area contributed by atoms with E-state index in [9.17, 15) is 9.90 Å². The van der Waals surface area contributed by atoms with Gasteiger partial charge < -0.3 is 20.1 Å². The molecule has 1 aromatic carbocycles. The predicted octanol–water partition coefficient (Wildman–Crippen LogP) is 1.38. The fourth-order valence-corrected chi connectivity index (χ4v) is 3.88. The third-order valence-corrected chi connectivity index (χ3v) is 5.45. The zero-order chi connectivity index (χ0) is 19.0. The quantitative estimate of drug-likeness (QED) is 0.839. The smallest absolute Gasteiger partial charge is 0.296 e. The van der Waals surface area contributed by atoms with Crippen LogP contribution in [0.4, 0.5) is 5.82 Å². The van der Waals surface area contributed by atoms with E-state index in [1.807, 2.05) is 0 Å². The number of anilines is 1. The molecule has 2 N–H and O–H groups in total. The van der Waals surface area contributed by atoms with Crippen LogP contribution in [0.3, 0.4) is 0 Å². The topological polar surface area (TPSA) is 92.5 Å². The van der Waals surface area contributed by atoms with Crippen LogP contribution in [0.25, 0.3) is 11.4 Å². The molecule has 4 rings (SSSR count). The molecule has 2 aromatic rings. The van der Waals surface area contributed by atoms with Crippen molar-refractivity contribution >= 4 is 5.82 Å². The van der Waals surface area contributed by atoms with E-state index < -0.39 is 0 Å². The largest absolute Gasteiger partial charge is 0.507 e. The maximum absolute atomic E-state index is 12.8. The standard InChI is InChI=1S/C19H25N5O3/c1-3-24-9-4-5-12(11-24)20-17-19(26)23(2)18(22-21-17)14-6-7-15-13(16(14)25)8-10-27-15/h6-7,12,25H,3-5,8-11H2,1-2H3,(H,20,21)/t12-/m0/s1. The fraction of sp³-hybridized carbons (Fsp3) is 0.526. The number of hydrogen-bond donors (Lipinski definition) is 2. The van der Waals surface area contributed by atoms with Gasteiger partial charge in [0, 0.05) is 31.6 Å². The Bertz CT molecular complexity index is 911. The van der Waals surface area contributed by atoms with Crippen LogP contribution in [0.1, 0.15) is 25.3 Å². The minimum absolute atomic E-state index is 0.112. The molecule has 0 aliphatic carbocycles.